The van der Waals surface area contributed by atoms with Crippen LogP contribution in [0, 0.1) is 11.8 Å². The number of carbonyl (C=O) groups is 1. The van der Waals surface area contributed by atoms with Crippen LogP contribution in [0.5, 0.6) is 0 Å². The molecule has 1 fully saturated rings. The first-order valence-corrected chi connectivity index (χ1v) is 7.24. The van der Waals surface area contributed by atoms with E-state index in [0.29, 0.717) is 5.56 Å². The molecule has 0 saturated heterocycles. The normalized spacial score (nSPS) is 22.4. The van der Waals surface area contributed by atoms with Gasteiger partial charge in [0.05, 0.1) is 16.5 Å². The Kier molecular flexibility index (Phi) is 4.97. The molecule has 102 valence electrons. The monoisotopic (exact) mass is 279 g/mol. The molecule has 1 aromatic heterocycles. The van der Waals surface area contributed by atoms with E-state index in [1.165, 1.54) is 11.3 Å². The minimum absolute atomic E-state index is 0.0883. The van der Waals surface area contributed by atoms with Gasteiger partial charge in [0.1, 0.15) is 6.61 Å². The third-order valence-electron chi connectivity index (χ3n) is 3.18. The first-order valence-electron chi connectivity index (χ1n) is 6.36. The summed E-state index contributed by atoms with van der Waals surface area (Å²) >= 11 is 1.39. The molecule has 0 radical (unpaired) electrons. The van der Waals surface area contributed by atoms with Crippen molar-refractivity contribution >= 4 is 17.2 Å². The average Bonchev–Trinajstić information content (AvgIpc) is 2.88. The van der Waals surface area contributed by atoms with Crippen LogP contribution in [-0.2, 0) is 0 Å². The van der Waals surface area contributed by atoms with E-state index < -0.39 is 0 Å². The Morgan fingerprint density at radius 2 is 2.16 bits per heavy atom. The van der Waals surface area contributed by atoms with Crippen LogP contribution < -0.4 is 5.32 Å². The molecule has 1 aliphatic rings. The molecular formula is C14H17NO3S. The van der Waals surface area contributed by atoms with Crippen LogP contribution in [0.1, 0.15) is 40.9 Å². The van der Waals surface area contributed by atoms with E-state index in [9.17, 15) is 9.90 Å². The summed E-state index contributed by atoms with van der Waals surface area (Å²) in [6.45, 7) is -0.177. The van der Waals surface area contributed by atoms with Crippen LogP contribution in [0.25, 0.3) is 0 Å². The number of hydrogen-bond acceptors (Lipinski definition) is 4. The van der Waals surface area contributed by atoms with Crippen molar-refractivity contribution in [3.63, 3.8) is 0 Å². The lowest BCUT2D eigenvalue weighted by Crippen LogP contribution is -2.38. The molecule has 0 bridgehead atoms. The van der Waals surface area contributed by atoms with Gasteiger partial charge >= 0.3 is 0 Å². The highest BCUT2D eigenvalue weighted by molar-refractivity contribution is 7.10. The van der Waals surface area contributed by atoms with Gasteiger partial charge in [0, 0.05) is 11.4 Å². The molecule has 1 heterocycles. The van der Waals surface area contributed by atoms with Crippen molar-refractivity contribution in [2.24, 2.45) is 0 Å². The standard InChI is InChI=1S/C14H17NO3S/c16-7-1-2-13-8-10(9-19-13)14(18)15-11-3-5-12(17)6-4-11/h8-9,11-12,16-17H,3-7H2,(H,15,18). The molecule has 0 atom stereocenters. The molecule has 1 saturated carbocycles. The fourth-order valence-electron chi connectivity index (χ4n) is 2.14. The van der Waals surface area contributed by atoms with Crippen LogP contribution in [-0.4, -0.2) is 34.9 Å². The average molecular weight is 279 g/mol. The van der Waals surface area contributed by atoms with Gasteiger partial charge in [-0.05, 0) is 31.7 Å². The number of rotatable bonds is 2. The topological polar surface area (TPSA) is 69.6 Å². The Morgan fingerprint density at radius 1 is 1.42 bits per heavy atom. The Balaban J connectivity index is 1.91. The third-order valence-corrected chi connectivity index (χ3v) is 4.03. The molecule has 1 aliphatic carbocycles. The van der Waals surface area contributed by atoms with Gasteiger partial charge in [-0.15, -0.1) is 11.3 Å². The second-order valence-corrected chi connectivity index (χ2v) is 5.55. The number of thiophene rings is 1. The zero-order valence-electron chi connectivity index (χ0n) is 10.6. The van der Waals surface area contributed by atoms with E-state index in [-0.39, 0.29) is 24.7 Å². The number of aliphatic hydroxyl groups excluding tert-OH is 2. The lowest BCUT2D eigenvalue weighted by Gasteiger charge is -2.25. The van der Waals surface area contributed by atoms with Crippen LogP contribution in [0.3, 0.4) is 0 Å². The smallest absolute Gasteiger partial charge is 0.252 e. The van der Waals surface area contributed by atoms with Gasteiger partial charge in [-0.2, -0.15) is 0 Å². The summed E-state index contributed by atoms with van der Waals surface area (Å²) in [6, 6.07) is 1.89. The van der Waals surface area contributed by atoms with Crippen molar-refractivity contribution < 1.29 is 15.0 Å². The molecule has 4 nitrogen and oxygen atoms in total. The van der Waals surface area contributed by atoms with Gasteiger partial charge in [0.25, 0.3) is 5.91 Å². The molecule has 1 aromatic rings. The molecule has 2 rings (SSSR count). The molecule has 5 heteroatoms. The highest BCUT2D eigenvalue weighted by Crippen LogP contribution is 2.19. The molecule has 0 unspecified atom stereocenters. The second kappa shape index (κ2) is 6.71. The van der Waals surface area contributed by atoms with Crippen LogP contribution in [0.2, 0.25) is 0 Å². The summed E-state index contributed by atoms with van der Waals surface area (Å²) in [4.78, 5) is 12.8. The molecular weight excluding hydrogens is 262 g/mol. The van der Waals surface area contributed by atoms with Crippen molar-refractivity contribution in [3.8, 4) is 11.8 Å². The van der Waals surface area contributed by atoms with Gasteiger partial charge < -0.3 is 15.5 Å². The minimum atomic E-state index is -0.213. The summed E-state index contributed by atoms with van der Waals surface area (Å²) in [5, 5.41) is 22.8. The van der Waals surface area contributed by atoms with Crippen molar-refractivity contribution in [2.45, 2.75) is 37.8 Å². The van der Waals surface area contributed by atoms with Gasteiger partial charge in [-0.25, -0.2) is 0 Å². The van der Waals surface area contributed by atoms with Gasteiger partial charge in [-0.1, -0.05) is 11.8 Å². The van der Waals surface area contributed by atoms with Crippen molar-refractivity contribution in [1.82, 2.24) is 5.32 Å². The fourth-order valence-corrected chi connectivity index (χ4v) is 2.89. The fraction of sp³-hybridized carbons (Fsp3) is 0.500. The second-order valence-electron chi connectivity index (χ2n) is 4.64. The number of amides is 1. The first kappa shape index (κ1) is 14.1. The predicted molar refractivity (Wildman–Crippen MR) is 74.0 cm³/mol. The summed E-state index contributed by atoms with van der Waals surface area (Å²) < 4.78 is 0. The molecule has 3 N–H and O–H groups in total. The first-order chi connectivity index (χ1) is 9.19. The highest BCUT2D eigenvalue weighted by atomic mass is 32.1. The summed E-state index contributed by atoms with van der Waals surface area (Å²) in [7, 11) is 0. The van der Waals surface area contributed by atoms with Crippen molar-refractivity contribution in [1.29, 1.82) is 0 Å². The van der Waals surface area contributed by atoms with Crippen LogP contribution >= 0.6 is 11.3 Å². The van der Waals surface area contributed by atoms with E-state index in [1.807, 2.05) is 0 Å². The van der Waals surface area contributed by atoms with Gasteiger partial charge in [-0.3, -0.25) is 4.79 Å². The van der Waals surface area contributed by atoms with Crippen LogP contribution in [0.4, 0.5) is 0 Å². The van der Waals surface area contributed by atoms with E-state index >= 15 is 0 Å². The van der Waals surface area contributed by atoms with Crippen LogP contribution in [0.15, 0.2) is 11.4 Å². The third kappa shape index (κ3) is 4.06. The zero-order valence-corrected chi connectivity index (χ0v) is 11.4. The molecule has 19 heavy (non-hydrogen) atoms. The highest BCUT2D eigenvalue weighted by Gasteiger charge is 2.21. The summed E-state index contributed by atoms with van der Waals surface area (Å²) in [6.07, 6.45) is 2.95. The van der Waals surface area contributed by atoms with E-state index in [4.69, 9.17) is 5.11 Å². The van der Waals surface area contributed by atoms with Crippen molar-refractivity contribution in [2.75, 3.05) is 6.61 Å². The van der Waals surface area contributed by atoms with Gasteiger partial charge in [0.15, 0.2) is 0 Å². The Bertz CT molecular complexity index is 492. The summed E-state index contributed by atoms with van der Waals surface area (Å²) in [5.74, 6) is 5.26. The lowest BCUT2D eigenvalue weighted by molar-refractivity contribution is 0.0868. The minimum Gasteiger partial charge on any atom is -0.393 e. The number of nitrogens with one attached hydrogen (secondary N) is 1. The van der Waals surface area contributed by atoms with E-state index in [0.717, 1.165) is 30.6 Å². The predicted octanol–water partition coefficient (Wildman–Crippen LogP) is 1.13. The maximum absolute atomic E-state index is 12.0. The number of hydrogen-bond donors (Lipinski definition) is 3. The maximum atomic E-state index is 12.0. The molecule has 1 amide bonds. The molecule has 0 spiro atoms. The lowest BCUT2D eigenvalue weighted by atomic mass is 9.93. The summed E-state index contributed by atoms with van der Waals surface area (Å²) in [5.41, 5.74) is 0.610. The number of carbonyl (C=O) groups excluding carboxylic acids is 1. The zero-order chi connectivity index (χ0) is 13.7. The quantitative estimate of drug-likeness (QED) is 0.711. The van der Waals surface area contributed by atoms with E-state index in [2.05, 4.69) is 17.2 Å². The maximum Gasteiger partial charge on any atom is 0.252 e. The Morgan fingerprint density at radius 3 is 2.84 bits per heavy atom. The Hall–Kier alpha value is -1.35. The van der Waals surface area contributed by atoms with E-state index in [1.54, 1.807) is 11.4 Å². The SMILES string of the molecule is O=C(NC1CCC(O)CC1)c1csc(C#CCO)c1. The molecule has 0 aliphatic heterocycles. The van der Waals surface area contributed by atoms with Crippen molar-refractivity contribution in [3.05, 3.63) is 21.9 Å². The number of aliphatic hydroxyl groups is 2. The van der Waals surface area contributed by atoms with Gasteiger partial charge in [0.2, 0.25) is 0 Å². The molecule has 0 aromatic carbocycles. The largest absolute Gasteiger partial charge is 0.393 e. The Labute approximate surface area is 116 Å².